The molecule has 0 aromatic heterocycles. The molecule has 0 radical (unpaired) electrons. The first kappa shape index (κ1) is 14.8. The van der Waals surface area contributed by atoms with Crippen molar-refractivity contribution in [3.63, 3.8) is 0 Å². The molecule has 0 atom stereocenters. The predicted octanol–water partition coefficient (Wildman–Crippen LogP) is 5.05. The van der Waals surface area contributed by atoms with Crippen molar-refractivity contribution in [2.45, 2.75) is 6.92 Å². The van der Waals surface area contributed by atoms with Gasteiger partial charge in [0, 0.05) is 7.11 Å². The second kappa shape index (κ2) is 6.73. The Morgan fingerprint density at radius 1 is 1.15 bits per heavy atom. The first-order chi connectivity index (χ1) is 9.67. The maximum atomic E-state index is 5.52. The van der Waals surface area contributed by atoms with Gasteiger partial charge in [0.05, 0.1) is 4.47 Å². The quantitative estimate of drug-likeness (QED) is 0.713. The summed E-state index contributed by atoms with van der Waals surface area (Å²) >= 11 is 3.58. The van der Waals surface area contributed by atoms with Gasteiger partial charge in [-0.2, -0.15) is 0 Å². The average Bonchev–Trinajstić information content (AvgIpc) is 2.46. The number of methoxy groups -OCH3 is 1. The summed E-state index contributed by atoms with van der Waals surface area (Å²) in [4.78, 5) is 0. The van der Waals surface area contributed by atoms with E-state index in [2.05, 4.69) is 53.7 Å². The number of halogens is 1. The number of hydrogen-bond donors (Lipinski definition) is 0. The molecule has 20 heavy (non-hydrogen) atoms. The molecule has 2 aromatic rings. The highest BCUT2D eigenvalue weighted by Gasteiger charge is 2.11. The third-order valence-electron chi connectivity index (χ3n) is 3.04. The van der Waals surface area contributed by atoms with Crippen molar-refractivity contribution in [3.8, 4) is 16.9 Å². The normalized spacial score (nSPS) is 10.3. The zero-order valence-corrected chi connectivity index (χ0v) is 13.2. The number of ether oxygens (including phenoxy) is 2. The lowest BCUT2D eigenvalue weighted by Crippen LogP contribution is -2.00. The number of benzene rings is 2. The summed E-state index contributed by atoms with van der Waals surface area (Å²) in [6.07, 6.45) is 1.83. The second-order valence-electron chi connectivity index (χ2n) is 4.46. The molecule has 2 nitrogen and oxygen atoms in total. The molecule has 104 valence electrons. The molecule has 0 aliphatic heterocycles. The van der Waals surface area contributed by atoms with Crippen molar-refractivity contribution in [3.05, 3.63) is 58.6 Å². The summed E-state index contributed by atoms with van der Waals surface area (Å²) in [5.41, 5.74) is 4.54. The summed E-state index contributed by atoms with van der Waals surface area (Å²) in [5, 5.41) is 0. The van der Waals surface area contributed by atoms with Gasteiger partial charge in [-0.1, -0.05) is 48.6 Å². The fraction of sp³-hybridized carbons (Fsp3) is 0.176. The van der Waals surface area contributed by atoms with Gasteiger partial charge in [-0.05, 0) is 45.6 Å². The van der Waals surface area contributed by atoms with E-state index in [4.69, 9.17) is 9.47 Å². The molecule has 0 spiro atoms. The van der Waals surface area contributed by atoms with E-state index in [0.29, 0.717) is 0 Å². The Hall–Kier alpha value is -1.58. The van der Waals surface area contributed by atoms with E-state index in [0.717, 1.165) is 26.9 Å². The fourth-order valence-corrected chi connectivity index (χ4v) is 2.61. The Balaban J connectivity index is 2.46. The lowest BCUT2D eigenvalue weighted by molar-refractivity contribution is 0.0506. The Labute approximate surface area is 128 Å². The zero-order chi connectivity index (χ0) is 14.5. The van der Waals surface area contributed by atoms with Crippen LogP contribution in [-0.4, -0.2) is 13.9 Å². The molecule has 2 aromatic carbocycles. The summed E-state index contributed by atoms with van der Waals surface area (Å²) in [6, 6.07) is 12.4. The molecule has 0 aliphatic carbocycles. The number of aryl methyl sites for hydroxylation is 1. The first-order valence-electron chi connectivity index (χ1n) is 6.31. The standard InChI is InChI=1S/C17H17BrO2/c1-4-14-15(13-7-5-12(2)6-8-13)9-10-16(17(14)18)20-11-19-3/h4-10H,1,11H2,2-3H3. The Kier molecular flexibility index (Phi) is 4.99. The monoisotopic (exact) mass is 332 g/mol. The minimum Gasteiger partial charge on any atom is -0.466 e. The molecular formula is C17H17BrO2. The maximum absolute atomic E-state index is 5.52. The van der Waals surface area contributed by atoms with Crippen LogP contribution in [0, 0.1) is 6.92 Å². The summed E-state index contributed by atoms with van der Waals surface area (Å²) in [7, 11) is 1.60. The highest BCUT2D eigenvalue weighted by molar-refractivity contribution is 9.10. The van der Waals surface area contributed by atoms with Gasteiger partial charge in [-0.3, -0.25) is 0 Å². The molecule has 0 amide bonds. The Bertz CT molecular complexity index is 603. The largest absolute Gasteiger partial charge is 0.466 e. The molecule has 0 heterocycles. The van der Waals surface area contributed by atoms with E-state index >= 15 is 0 Å². The van der Waals surface area contributed by atoms with Gasteiger partial charge >= 0.3 is 0 Å². The number of hydrogen-bond acceptors (Lipinski definition) is 2. The second-order valence-corrected chi connectivity index (χ2v) is 5.25. The first-order valence-corrected chi connectivity index (χ1v) is 7.10. The molecule has 3 heteroatoms. The van der Waals surface area contributed by atoms with Crippen molar-refractivity contribution in [2.75, 3.05) is 13.9 Å². The third-order valence-corrected chi connectivity index (χ3v) is 3.86. The fourth-order valence-electron chi connectivity index (χ4n) is 1.99. The highest BCUT2D eigenvalue weighted by atomic mass is 79.9. The van der Waals surface area contributed by atoms with Crippen molar-refractivity contribution < 1.29 is 9.47 Å². The lowest BCUT2D eigenvalue weighted by atomic mass is 9.98. The van der Waals surface area contributed by atoms with E-state index in [1.807, 2.05) is 18.2 Å². The van der Waals surface area contributed by atoms with Crippen LogP contribution >= 0.6 is 15.9 Å². The molecule has 0 unspecified atom stereocenters. The highest BCUT2D eigenvalue weighted by Crippen LogP contribution is 2.37. The van der Waals surface area contributed by atoms with Gasteiger partial charge in [0.2, 0.25) is 0 Å². The molecule has 2 rings (SSSR count). The Morgan fingerprint density at radius 2 is 1.85 bits per heavy atom. The lowest BCUT2D eigenvalue weighted by Gasteiger charge is -2.13. The van der Waals surface area contributed by atoms with Crippen LogP contribution in [0.4, 0.5) is 0 Å². The van der Waals surface area contributed by atoms with E-state index in [9.17, 15) is 0 Å². The Morgan fingerprint density at radius 3 is 2.45 bits per heavy atom. The van der Waals surface area contributed by atoms with Crippen molar-refractivity contribution >= 4 is 22.0 Å². The molecule has 0 N–H and O–H groups in total. The zero-order valence-electron chi connectivity index (χ0n) is 11.7. The van der Waals surface area contributed by atoms with Gasteiger partial charge in [-0.25, -0.2) is 0 Å². The van der Waals surface area contributed by atoms with Gasteiger partial charge in [0.1, 0.15) is 5.75 Å². The topological polar surface area (TPSA) is 18.5 Å². The van der Waals surface area contributed by atoms with Crippen LogP contribution < -0.4 is 4.74 Å². The molecule has 0 saturated carbocycles. The van der Waals surface area contributed by atoms with Gasteiger partial charge in [0.25, 0.3) is 0 Å². The van der Waals surface area contributed by atoms with E-state index in [1.165, 1.54) is 5.56 Å². The van der Waals surface area contributed by atoms with Gasteiger partial charge < -0.3 is 9.47 Å². The SMILES string of the molecule is C=Cc1c(-c2ccc(C)cc2)ccc(OCOC)c1Br. The van der Waals surface area contributed by atoms with Crippen molar-refractivity contribution in [1.29, 1.82) is 0 Å². The average molecular weight is 333 g/mol. The van der Waals surface area contributed by atoms with Crippen molar-refractivity contribution in [1.82, 2.24) is 0 Å². The van der Waals surface area contributed by atoms with Crippen LogP contribution in [0.15, 0.2) is 47.4 Å². The summed E-state index contributed by atoms with van der Waals surface area (Å²) in [6.45, 7) is 6.20. The summed E-state index contributed by atoms with van der Waals surface area (Å²) in [5.74, 6) is 0.748. The van der Waals surface area contributed by atoms with Crippen LogP contribution in [0.3, 0.4) is 0 Å². The summed E-state index contributed by atoms with van der Waals surface area (Å²) < 4.78 is 11.3. The van der Waals surface area contributed by atoms with E-state index < -0.39 is 0 Å². The van der Waals surface area contributed by atoms with E-state index in [-0.39, 0.29) is 6.79 Å². The minimum atomic E-state index is 0.221. The van der Waals surface area contributed by atoms with Gasteiger partial charge in [-0.15, -0.1) is 0 Å². The van der Waals surface area contributed by atoms with Crippen LogP contribution in [0.1, 0.15) is 11.1 Å². The molecule has 0 fully saturated rings. The minimum absolute atomic E-state index is 0.221. The molecule has 0 bridgehead atoms. The molecule has 0 aliphatic rings. The number of rotatable bonds is 5. The van der Waals surface area contributed by atoms with Crippen LogP contribution in [-0.2, 0) is 4.74 Å². The predicted molar refractivity (Wildman–Crippen MR) is 86.9 cm³/mol. The van der Waals surface area contributed by atoms with Gasteiger partial charge in [0.15, 0.2) is 6.79 Å². The maximum Gasteiger partial charge on any atom is 0.188 e. The van der Waals surface area contributed by atoms with Crippen LogP contribution in [0.2, 0.25) is 0 Å². The van der Waals surface area contributed by atoms with Crippen molar-refractivity contribution in [2.24, 2.45) is 0 Å². The van der Waals surface area contributed by atoms with Crippen LogP contribution in [0.5, 0.6) is 5.75 Å². The third kappa shape index (κ3) is 3.11. The smallest absolute Gasteiger partial charge is 0.188 e. The molecule has 0 saturated heterocycles. The van der Waals surface area contributed by atoms with E-state index in [1.54, 1.807) is 7.11 Å². The molecular weight excluding hydrogens is 316 g/mol. The van der Waals surface area contributed by atoms with Crippen LogP contribution in [0.25, 0.3) is 17.2 Å².